The normalized spacial score (nSPS) is 9.53. The Morgan fingerprint density at radius 3 is 2.76 bits per heavy atom. The van der Waals surface area contributed by atoms with Crippen LogP contribution in [-0.4, -0.2) is 23.0 Å². The van der Waals surface area contributed by atoms with Crippen LogP contribution >= 0.6 is 24.0 Å². The third-order valence-electron chi connectivity index (χ3n) is 1.71. The lowest BCUT2D eigenvalue weighted by atomic mass is 10.3. The topological polar surface area (TPSA) is 53.2 Å². The molecule has 7 heteroatoms. The lowest BCUT2D eigenvalue weighted by Crippen LogP contribution is -2.44. The van der Waals surface area contributed by atoms with Crippen molar-refractivity contribution in [1.82, 2.24) is 10.9 Å². The maximum atomic E-state index is 13.2. The first-order valence-corrected chi connectivity index (χ1v) is 6.53. The van der Waals surface area contributed by atoms with E-state index in [4.69, 9.17) is 12.2 Å². The quantitative estimate of drug-likeness (QED) is 0.576. The monoisotopic (exact) mass is 273 g/mol. The number of rotatable bonds is 3. The number of para-hydroxylation sites is 1. The summed E-state index contributed by atoms with van der Waals surface area (Å²) in [6.07, 6.45) is 1.81. The molecule has 0 saturated carbocycles. The highest BCUT2D eigenvalue weighted by atomic mass is 32.2. The van der Waals surface area contributed by atoms with Crippen LogP contribution in [-0.2, 0) is 4.79 Å². The zero-order valence-electron chi connectivity index (χ0n) is 9.12. The molecule has 0 aliphatic heterocycles. The van der Waals surface area contributed by atoms with Crippen LogP contribution < -0.4 is 16.2 Å². The van der Waals surface area contributed by atoms with Crippen LogP contribution in [0.5, 0.6) is 0 Å². The van der Waals surface area contributed by atoms with Gasteiger partial charge in [0.05, 0.1) is 11.4 Å². The molecule has 0 unspecified atom stereocenters. The molecule has 1 aromatic rings. The van der Waals surface area contributed by atoms with E-state index in [-0.39, 0.29) is 16.7 Å². The van der Waals surface area contributed by atoms with Gasteiger partial charge in [-0.1, -0.05) is 12.1 Å². The van der Waals surface area contributed by atoms with Gasteiger partial charge in [-0.05, 0) is 30.6 Å². The van der Waals surface area contributed by atoms with E-state index in [2.05, 4.69) is 16.2 Å². The minimum absolute atomic E-state index is 0.129. The van der Waals surface area contributed by atoms with Gasteiger partial charge in [0, 0.05) is 0 Å². The van der Waals surface area contributed by atoms with E-state index in [1.807, 2.05) is 6.26 Å². The van der Waals surface area contributed by atoms with E-state index in [1.165, 1.54) is 17.8 Å². The number of carbonyl (C=O) groups excluding carboxylic acids is 1. The average molecular weight is 273 g/mol. The predicted molar refractivity (Wildman–Crippen MR) is 72.3 cm³/mol. The number of hydrazine groups is 1. The Morgan fingerprint density at radius 2 is 2.12 bits per heavy atom. The molecule has 0 bridgehead atoms. The molecular weight excluding hydrogens is 261 g/mol. The van der Waals surface area contributed by atoms with Crippen LogP contribution in [0.4, 0.5) is 10.1 Å². The van der Waals surface area contributed by atoms with Gasteiger partial charge < -0.3 is 5.32 Å². The molecule has 0 aliphatic carbocycles. The molecule has 17 heavy (non-hydrogen) atoms. The first-order valence-electron chi connectivity index (χ1n) is 4.73. The van der Waals surface area contributed by atoms with E-state index >= 15 is 0 Å². The summed E-state index contributed by atoms with van der Waals surface area (Å²) in [7, 11) is 0. The summed E-state index contributed by atoms with van der Waals surface area (Å²) in [6.45, 7) is 0. The summed E-state index contributed by atoms with van der Waals surface area (Å²) in [5.74, 6) is -0.280. The second-order valence-electron chi connectivity index (χ2n) is 3.04. The summed E-state index contributed by atoms with van der Waals surface area (Å²) >= 11 is 6.28. The second-order valence-corrected chi connectivity index (χ2v) is 4.31. The highest BCUT2D eigenvalue weighted by Gasteiger charge is 2.03. The third kappa shape index (κ3) is 5.01. The maximum Gasteiger partial charge on any atom is 0.248 e. The van der Waals surface area contributed by atoms with Gasteiger partial charge in [0.2, 0.25) is 5.91 Å². The van der Waals surface area contributed by atoms with Crippen LogP contribution in [0.3, 0.4) is 0 Å². The number of hydrogen-bond acceptors (Lipinski definition) is 3. The fraction of sp³-hybridized carbons (Fsp3) is 0.200. The predicted octanol–water partition coefficient (Wildman–Crippen LogP) is 1.51. The lowest BCUT2D eigenvalue weighted by Gasteiger charge is -2.11. The van der Waals surface area contributed by atoms with E-state index in [9.17, 15) is 9.18 Å². The zero-order chi connectivity index (χ0) is 12.7. The SMILES string of the molecule is CSCC(=O)NNC(=S)Nc1ccccc1F. The van der Waals surface area contributed by atoms with Gasteiger partial charge in [0.25, 0.3) is 0 Å². The van der Waals surface area contributed by atoms with Crippen molar-refractivity contribution in [2.45, 2.75) is 0 Å². The van der Waals surface area contributed by atoms with Gasteiger partial charge in [-0.3, -0.25) is 15.6 Å². The molecule has 1 aromatic carbocycles. The van der Waals surface area contributed by atoms with Crippen LogP contribution in [0.15, 0.2) is 24.3 Å². The van der Waals surface area contributed by atoms with E-state index in [0.29, 0.717) is 5.75 Å². The van der Waals surface area contributed by atoms with E-state index in [1.54, 1.807) is 18.2 Å². The van der Waals surface area contributed by atoms with E-state index in [0.717, 1.165) is 0 Å². The molecule has 0 atom stereocenters. The van der Waals surface area contributed by atoms with Gasteiger partial charge in [0.1, 0.15) is 5.82 Å². The number of hydrogen-bond donors (Lipinski definition) is 3. The molecule has 4 nitrogen and oxygen atoms in total. The van der Waals surface area contributed by atoms with Gasteiger partial charge in [0.15, 0.2) is 5.11 Å². The number of amides is 1. The van der Waals surface area contributed by atoms with Crippen molar-refractivity contribution in [1.29, 1.82) is 0 Å². The Bertz CT molecular complexity index is 414. The molecule has 0 aliphatic rings. The highest BCUT2D eigenvalue weighted by Crippen LogP contribution is 2.11. The second kappa shape index (κ2) is 7.08. The molecule has 0 spiro atoms. The molecule has 0 radical (unpaired) electrons. The molecule has 0 saturated heterocycles. The molecule has 1 rings (SSSR count). The number of carbonyl (C=O) groups is 1. The van der Waals surface area contributed by atoms with Crippen molar-refractivity contribution in [3.8, 4) is 0 Å². The highest BCUT2D eigenvalue weighted by molar-refractivity contribution is 7.99. The van der Waals surface area contributed by atoms with Crippen LogP contribution in [0.25, 0.3) is 0 Å². The van der Waals surface area contributed by atoms with Gasteiger partial charge in [-0.25, -0.2) is 4.39 Å². The van der Waals surface area contributed by atoms with Crippen molar-refractivity contribution in [2.24, 2.45) is 0 Å². The molecule has 0 aromatic heterocycles. The Kier molecular flexibility index (Phi) is 5.71. The largest absolute Gasteiger partial charge is 0.329 e. The molecule has 0 fully saturated rings. The number of thiocarbonyl (C=S) groups is 1. The minimum atomic E-state index is -0.410. The first kappa shape index (κ1) is 13.7. The molecular formula is C10H12FN3OS2. The summed E-state index contributed by atoms with van der Waals surface area (Å²) in [5.41, 5.74) is 5.12. The standard InChI is InChI=1S/C10H12FN3OS2/c1-17-6-9(15)13-14-10(16)12-8-5-3-2-4-7(8)11/h2-5H,6H2,1H3,(H,13,15)(H2,12,14,16). The molecule has 92 valence electrons. The summed E-state index contributed by atoms with van der Waals surface area (Å²) in [5, 5.41) is 2.76. The van der Waals surface area contributed by atoms with Crippen molar-refractivity contribution in [2.75, 3.05) is 17.3 Å². The number of nitrogens with one attached hydrogen (secondary N) is 3. The molecule has 1 amide bonds. The van der Waals surface area contributed by atoms with Crippen LogP contribution in [0, 0.1) is 5.82 Å². The fourth-order valence-corrected chi connectivity index (χ4v) is 1.51. The Hall–Kier alpha value is -1.34. The number of anilines is 1. The molecule has 0 heterocycles. The lowest BCUT2D eigenvalue weighted by molar-refractivity contribution is -0.119. The molecule has 3 N–H and O–H groups in total. The van der Waals surface area contributed by atoms with Crippen molar-refractivity contribution >= 4 is 40.7 Å². The fourth-order valence-electron chi connectivity index (χ4n) is 1.01. The van der Waals surface area contributed by atoms with Gasteiger partial charge in [-0.2, -0.15) is 11.8 Å². The first-order chi connectivity index (χ1) is 8.13. The van der Waals surface area contributed by atoms with Gasteiger partial charge >= 0.3 is 0 Å². The van der Waals surface area contributed by atoms with Crippen molar-refractivity contribution in [3.05, 3.63) is 30.1 Å². The van der Waals surface area contributed by atoms with Crippen molar-refractivity contribution < 1.29 is 9.18 Å². The smallest absolute Gasteiger partial charge is 0.248 e. The zero-order valence-corrected chi connectivity index (χ0v) is 10.8. The Labute approximate surface area is 108 Å². The van der Waals surface area contributed by atoms with Crippen LogP contribution in [0.2, 0.25) is 0 Å². The summed E-state index contributed by atoms with van der Waals surface area (Å²) in [4.78, 5) is 11.1. The van der Waals surface area contributed by atoms with Crippen LogP contribution in [0.1, 0.15) is 0 Å². The summed E-state index contributed by atoms with van der Waals surface area (Å²) < 4.78 is 13.2. The third-order valence-corrected chi connectivity index (χ3v) is 2.47. The summed E-state index contributed by atoms with van der Waals surface area (Å²) in [6, 6.07) is 6.13. The number of halogens is 1. The maximum absolute atomic E-state index is 13.2. The van der Waals surface area contributed by atoms with Gasteiger partial charge in [-0.15, -0.1) is 0 Å². The number of benzene rings is 1. The minimum Gasteiger partial charge on any atom is -0.329 e. The Morgan fingerprint density at radius 1 is 1.41 bits per heavy atom. The van der Waals surface area contributed by atoms with E-state index < -0.39 is 5.82 Å². The average Bonchev–Trinajstić information content (AvgIpc) is 2.30. The van der Waals surface area contributed by atoms with Crippen molar-refractivity contribution in [3.63, 3.8) is 0 Å². The Balaban J connectivity index is 2.40. The number of thioether (sulfide) groups is 1.